The lowest BCUT2D eigenvalue weighted by atomic mass is 10.0. The number of halogens is 1. The fourth-order valence-electron chi connectivity index (χ4n) is 2.54. The fraction of sp³-hybridized carbons (Fsp3) is 0.200. The van der Waals surface area contributed by atoms with Gasteiger partial charge in [0.1, 0.15) is 5.01 Å². The van der Waals surface area contributed by atoms with Gasteiger partial charge in [0.15, 0.2) is 0 Å². The Balaban J connectivity index is 1.56. The summed E-state index contributed by atoms with van der Waals surface area (Å²) in [5.74, 6) is 0.262. The Morgan fingerprint density at radius 1 is 1.16 bits per heavy atom. The van der Waals surface area contributed by atoms with Gasteiger partial charge in [0, 0.05) is 17.5 Å². The van der Waals surface area contributed by atoms with Crippen molar-refractivity contribution in [1.82, 2.24) is 10.3 Å². The van der Waals surface area contributed by atoms with Crippen LogP contribution >= 0.6 is 22.9 Å². The summed E-state index contributed by atoms with van der Waals surface area (Å²) >= 11 is 7.71. The minimum absolute atomic E-state index is 0.0150. The zero-order valence-corrected chi connectivity index (χ0v) is 15.5. The highest BCUT2D eigenvalue weighted by Gasteiger charge is 2.12. The van der Waals surface area contributed by atoms with Crippen molar-refractivity contribution in [3.05, 3.63) is 76.3 Å². The van der Waals surface area contributed by atoms with Gasteiger partial charge >= 0.3 is 0 Å². The minimum Gasteiger partial charge on any atom is -0.355 e. The highest BCUT2D eigenvalue weighted by Crippen LogP contribution is 2.30. The third kappa shape index (κ3) is 4.68. The number of amides is 1. The van der Waals surface area contributed by atoms with Crippen LogP contribution in [-0.4, -0.2) is 17.4 Å². The van der Waals surface area contributed by atoms with Crippen LogP contribution in [0.3, 0.4) is 0 Å². The first-order chi connectivity index (χ1) is 12.1. The van der Waals surface area contributed by atoms with Crippen LogP contribution in [0.5, 0.6) is 0 Å². The monoisotopic (exact) mass is 370 g/mol. The molecule has 0 spiro atoms. The topological polar surface area (TPSA) is 42.0 Å². The maximum Gasteiger partial charge on any atom is 0.226 e. The maximum absolute atomic E-state index is 12.2. The molecule has 3 aromatic rings. The van der Waals surface area contributed by atoms with Gasteiger partial charge in [0.25, 0.3) is 0 Å². The van der Waals surface area contributed by atoms with Crippen LogP contribution in [0, 0.1) is 0 Å². The molecular weight excluding hydrogens is 352 g/mol. The molecule has 0 saturated heterocycles. The van der Waals surface area contributed by atoms with Gasteiger partial charge in [-0.05, 0) is 17.5 Å². The third-order valence-electron chi connectivity index (χ3n) is 3.97. The van der Waals surface area contributed by atoms with E-state index in [1.54, 1.807) is 0 Å². The molecule has 25 heavy (non-hydrogen) atoms. The Morgan fingerprint density at radius 3 is 2.64 bits per heavy atom. The molecule has 2 aromatic carbocycles. The number of nitrogens with zero attached hydrogens (tertiary/aromatic N) is 1. The third-order valence-corrected chi connectivity index (χ3v) is 5.23. The molecule has 0 fully saturated rings. The predicted molar refractivity (Wildman–Crippen MR) is 104 cm³/mol. The molecule has 1 heterocycles. The van der Waals surface area contributed by atoms with Crippen molar-refractivity contribution < 1.29 is 4.79 Å². The van der Waals surface area contributed by atoms with E-state index in [-0.39, 0.29) is 18.2 Å². The molecule has 0 radical (unpaired) electrons. The molecule has 1 atom stereocenters. The van der Waals surface area contributed by atoms with E-state index in [0.717, 1.165) is 16.3 Å². The number of carbonyl (C=O) groups is 1. The summed E-state index contributed by atoms with van der Waals surface area (Å²) in [4.78, 5) is 16.7. The molecule has 128 valence electrons. The van der Waals surface area contributed by atoms with Gasteiger partial charge in [-0.1, -0.05) is 67.1 Å². The molecule has 1 amide bonds. The molecular formula is C20H19ClN2OS. The second kappa shape index (κ2) is 8.28. The second-order valence-electron chi connectivity index (χ2n) is 5.92. The van der Waals surface area contributed by atoms with Crippen molar-refractivity contribution in [1.29, 1.82) is 0 Å². The summed E-state index contributed by atoms with van der Waals surface area (Å²) in [5, 5.41) is 6.41. The fourth-order valence-corrected chi connectivity index (χ4v) is 3.68. The van der Waals surface area contributed by atoms with Crippen molar-refractivity contribution in [2.75, 3.05) is 6.54 Å². The van der Waals surface area contributed by atoms with Gasteiger partial charge in [-0.15, -0.1) is 11.3 Å². The summed E-state index contributed by atoms with van der Waals surface area (Å²) in [6.07, 6.45) is 0.280. The molecule has 1 aromatic heterocycles. The standard InChI is InChI=1S/C20H19ClN2OS/c1-14(15-7-3-2-4-8-15)12-22-19(24)11-16-13-25-20(23-16)17-9-5-6-10-18(17)21/h2-10,13-14H,11-12H2,1H3,(H,22,24). The molecule has 0 aliphatic heterocycles. The van der Waals surface area contributed by atoms with Crippen molar-refractivity contribution in [2.24, 2.45) is 0 Å². The highest BCUT2D eigenvalue weighted by molar-refractivity contribution is 7.13. The lowest BCUT2D eigenvalue weighted by Gasteiger charge is -2.12. The molecule has 1 unspecified atom stereocenters. The van der Waals surface area contributed by atoms with Crippen molar-refractivity contribution in [3.8, 4) is 10.6 Å². The Morgan fingerprint density at radius 2 is 1.88 bits per heavy atom. The van der Waals surface area contributed by atoms with Gasteiger partial charge in [0.2, 0.25) is 5.91 Å². The molecule has 3 rings (SSSR count). The normalized spacial score (nSPS) is 11.9. The second-order valence-corrected chi connectivity index (χ2v) is 7.18. The zero-order valence-electron chi connectivity index (χ0n) is 13.9. The smallest absolute Gasteiger partial charge is 0.226 e. The average molecular weight is 371 g/mol. The first-order valence-corrected chi connectivity index (χ1v) is 9.40. The van der Waals surface area contributed by atoms with Crippen LogP contribution in [0.1, 0.15) is 24.1 Å². The van der Waals surface area contributed by atoms with Gasteiger partial charge in [-0.2, -0.15) is 0 Å². The maximum atomic E-state index is 12.2. The molecule has 0 saturated carbocycles. The molecule has 5 heteroatoms. The number of hydrogen-bond acceptors (Lipinski definition) is 3. The average Bonchev–Trinajstić information content (AvgIpc) is 3.09. The summed E-state index contributed by atoms with van der Waals surface area (Å²) in [6.45, 7) is 2.72. The van der Waals surface area contributed by atoms with Crippen molar-refractivity contribution in [3.63, 3.8) is 0 Å². The molecule has 1 N–H and O–H groups in total. The van der Waals surface area contributed by atoms with E-state index >= 15 is 0 Å². The lowest BCUT2D eigenvalue weighted by Crippen LogP contribution is -2.28. The lowest BCUT2D eigenvalue weighted by molar-refractivity contribution is -0.120. The number of nitrogens with one attached hydrogen (secondary N) is 1. The van der Waals surface area contributed by atoms with Gasteiger partial charge in [0.05, 0.1) is 17.1 Å². The minimum atomic E-state index is -0.0150. The van der Waals surface area contributed by atoms with Gasteiger partial charge in [-0.25, -0.2) is 4.98 Å². The van der Waals surface area contributed by atoms with Gasteiger partial charge in [-0.3, -0.25) is 4.79 Å². The number of rotatable bonds is 6. The van der Waals surface area contributed by atoms with Crippen LogP contribution in [0.15, 0.2) is 60.0 Å². The number of aromatic nitrogens is 1. The largest absolute Gasteiger partial charge is 0.355 e. The van der Waals surface area contributed by atoms with Gasteiger partial charge < -0.3 is 5.32 Å². The summed E-state index contributed by atoms with van der Waals surface area (Å²) < 4.78 is 0. The van der Waals surface area contributed by atoms with Crippen molar-refractivity contribution in [2.45, 2.75) is 19.3 Å². The predicted octanol–water partition coefficient (Wildman–Crippen LogP) is 4.93. The molecule has 0 bridgehead atoms. The number of hydrogen-bond donors (Lipinski definition) is 1. The Kier molecular flexibility index (Phi) is 5.84. The molecule has 0 aliphatic rings. The Labute approximate surface area is 156 Å². The van der Waals surface area contributed by atoms with Crippen LogP contribution in [0.25, 0.3) is 10.6 Å². The Hall–Kier alpha value is -2.17. The van der Waals surface area contributed by atoms with E-state index in [0.29, 0.717) is 11.6 Å². The number of carbonyl (C=O) groups excluding carboxylic acids is 1. The quantitative estimate of drug-likeness (QED) is 0.668. The first-order valence-electron chi connectivity index (χ1n) is 8.14. The Bertz CT molecular complexity index is 848. The van der Waals surface area contributed by atoms with Crippen LogP contribution in [0.4, 0.5) is 0 Å². The van der Waals surface area contributed by atoms with E-state index in [1.807, 2.05) is 47.8 Å². The SMILES string of the molecule is CC(CNC(=O)Cc1csc(-c2ccccc2Cl)n1)c1ccccc1. The van der Waals surface area contributed by atoms with E-state index in [1.165, 1.54) is 16.9 Å². The van der Waals surface area contributed by atoms with Crippen LogP contribution in [0.2, 0.25) is 5.02 Å². The van der Waals surface area contributed by atoms with E-state index in [4.69, 9.17) is 11.6 Å². The van der Waals surface area contributed by atoms with E-state index in [2.05, 4.69) is 29.4 Å². The summed E-state index contributed by atoms with van der Waals surface area (Å²) in [7, 11) is 0. The first kappa shape index (κ1) is 17.6. The number of thiazole rings is 1. The summed E-state index contributed by atoms with van der Waals surface area (Å²) in [5.41, 5.74) is 2.89. The van der Waals surface area contributed by atoms with E-state index < -0.39 is 0 Å². The van der Waals surface area contributed by atoms with E-state index in [9.17, 15) is 4.79 Å². The van der Waals surface area contributed by atoms with Crippen LogP contribution < -0.4 is 5.32 Å². The summed E-state index contributed by atoms with van der Waals surface area (Å²) in [6, 6.07) is 17.8. The highest BCUT2D eigenvalue weighted by atomic mass is 35.5. The molecule has 0 aliphatic carbocycles. The van der Waals surface area contributed by atoms with Crippen LogP contribution in [-0.2, 0) is 11.2 Å². The number of benzene rings is 2. The zero-order chi connectivity index (χ0) is 17.6. The molecule has 3 nitrogen and oxygen atoms in total. The van der Waals surface area contributed by atoms with Crippen molar-refractivity contribution >= 4 is 28.8 Å².